The van der Waals surface area contributed by atoms with Gasteiger partial charge >= 0.3 is 0 Å². The summed E-state index contributed by atoms with van der Waals surface area (Å²) in [4.78, 5) is 22.5. The smallest absolute Gasteiger partial charge is 0.280 e. The normalized spacial score (nSPS) is 25.3. The van der Waals surface area contributed by atoms with E-state index in [-0.39, 0.29) is 23.7 Å². The molecule has 4 rings (SSSR count). The van der Waals surface area contributed by atoms with Gasteiger partial charge in [-0.05, 0) is 5.56 Å². The molecular formula is C17H20N6O4. The maximum absolute atomic E-state index is 11.9. The number of benzene rings is 1. The van der Waals surface area contributed by atoms with Gasteiger partial charge in [-0.2, -0.15) is 4.98 Å². The number of aromatic nitrogens is 4. The maximum Gasteiger partial charge on any atom is 0.280 e. The number of aliphatic hydroxyl groups is 2. The Morgan fingerprint density at radius 2 is 2.11 bits per heavy atom. The van der Waals surface area contributed by atoms with Gasteiger partial charge in [0.2, 0.25) is 5.95 Å². The summed E-state index contributed by atoms with van der Waals surface area (Å²) in [6.45, 7) is 0.230. The molecule has 1 aliphatic rings. The molecule has 10 nitrogen and oxygen atoms in total. The number of imidazole rings is 1. The van der Waals surface area contributed by atoms with Gasteiger partial charge in [0.15, 0.2) is 17.4 Å². The largest absolute Gasteiger partial charge is 0.394 e. The second-order valence-corrected chi connectivity index (χ2v) is 6.41. The van der Waals surface area contributed by atoms with E-state index >= 15 is 0 Å². The summed E-state index contributed by atoms with van der Waals surface area (Å²) in [5.74, 6) is -0.0563. The summed E-state index contributed by atoms with van der Waals surface area (Å²) in [5.41, 5.74) is 6.49. The molecule has 0 bridgehead atoms. The zero-order valence-electron chi connectivity index (χ0n) is 14.3. The van der Waals surface area contributed by atoms with Gasteiger partial charge in [0.1, 0.15) is 12.2 Å². The highest BCUT2D eigenvalue weighted by molar-refractivity contribution is 5.70. The molecule has 0 saturated carbocycles. The number of aromatic amines is 1. The summed E-state index contributed by atoms with van der Waals surface area (Å²) in [7, 11) is 0. The lowest BCUT2D eigenvalue weighted by Crippen LogP contribution is -2.45. The van der Waals surface area contributed by atoms with Crippen LogP contribution in [0.2, 0.25) is 0 Å². The predicted octanol–water partition coefficient (Wildman–Crippen LogP) is -0.889. The Hall–Kier alpha value is -2.79. The lowest BCUT2D eigenvalue weighted by Gasteiger charge is -2.21. The Balaban J connectivity index is 1.60. The molecule has 0 unspecified atom stereocenters. The average Bonchev–Trinajstić information content (AvgIpc) is 3.21. The number of nitrogens with zero attached hydrogens (tertiary/aromatic N) is 3. The van der Waals surface area contributed by atoms with E-state index in [0.717, 1.165) is 5.56 Å². The fraction of sp³-hybridized carbons (Fsp3) is 0.353. The number of H-pyrrole nitrogens is 1. The Morgan fingerprint density at radius 3 is 2.85 bits per heavy atom. The van der Waals surface area contributed by atoms with Crippen molar-refractivity contribution < 1.29 is 14.9 Å². The Kier molecular flexibility index (Phi) is 4.62. The number of fused-ring (bicyclic) bond motifs is 1. The number of nitrogen functional groups attached to an aromatic ring is 1. The zero-order valence-corrected chi connectivity index (χ0v) is 14.3. The molecule has 4 atom stereocenters. The van der Waals surface area contributed by atoms with Crippen LogP contribution in [0.3, 0.4) is 0 Å². The second kappa shape index (κ2) is 7.08. The van der Waals surface area contributed by atoms with Crippen molar-refractivity contribution in [2.75, 3.05) is 12.3 Å². The average molecular weight is 373 g/mol. The van der Waals surface area contributed by atoms with Crippen LogP contribution in [0.25, 0.3) is 11.2 Å². The van der Waals surface area contributed by atoms with Crippen LogP contribution in [-0.2, 0) is 11.3 Å². The molecule has 6 N–H and O–H groups in total. The molecule has 27 heavy (non-hydrogen) atoms. The van der Waals surface area contributed by atoms with Crippen LogP contribution in [0.15, 0.2) is 41.5 Å². The minimum absolute atomic E-state index is 0.0563. The number of hydrogen-bond donors (Lipinski definition) is 5. The lowest BCUT2D eigenvalue weighted by molar-refractivity contribution is -0.0489. The molecule has 1 fully saturated rings. The number of rotatable bonds is 5. The van der Waals surface area contributed by atoms with Crippen molar-refractivity contribution in [3.05, 3.63) is 52.6 Å². The van der Waals surface area contributed by atoms with Gasteiger partial charge < -0.3 is 26.0 Å². The van der Waals surface area contributed by atoms with Gasteiger partial charge in [0.25, 0.3) is 5.56 Å². The van der Waals surface area contributed by atoms with Crippen molar-refractivity contribution >= 4 is 17.1 Å². The Labute approximate surface area is 153 Å². The summed E-state index contributed by atoms with van der Waals surface area (Å²) < 4.78 is 7.28. The third-order valence-electron chi connectivity index (χ3n) is 4.66. The van der Waals surface area contributed by atoms with Crippen LogP contribution in [0, 0.1) is 0 Å². The molecule has 3 aromatic rings. The predicted molar refractivity (Wildman–Crippen MR) is 96.6 cm³/mol. The standard InChI is InChI=1S/C17H20N6O4/c18-17-21-14-12(15(26)22-17)20-8-23(14)16-13(25)11(10(7-24)27-16)19-6-9-4-2-1-3-5-9/h1-5,8,10-11,13,16,19,24-25H,6-7H2,(H3,18,21,22,26)/t10-,11-,13-,16-/m1/s1/i19+1. The van der Waals surface area contributed by atoms with E-state index in [1.165, 1.54) is 10.9 Å². The Morgan fingerprint density at radius 1 is 1.33 bits per heavy atom. The lowest BCUT2D eigenvalue weighted by atomic mass is 10.1. The molecule has 2 aromatic heterocycles. The van der Waals surface area contributed by atoms with E-state index in [0.29, 0.717) is 6.54 Å². The molecule has 0 amide bonds. The fourth-order valence-corrected chi connectivity index (χ4v) is 3.34. The first-order valence-corrected chi connectivity index (χ1v) is 8.52. The quantitative estimate of drug-likeness (QED) is 0.361. The van der Waals surface area contributed by atoms with E-state index in [4.69, 9.17) is 10.5 Å². The molecule has 0 spiro atoms. The highest BCUT2D eigenvalue weighted by atomic mass is 16.5. The van der Waals surface area contributed by atoms with Crippen molar-refractivity contribution in [1.82, 2.24) is 24.8 Å². The van der Waals surface area contributed by atoms with Crippen molar-refractivity contribution in [2.24, 2.45) is 0 Å². The van der Waals surface area contributed by atoms with Gasteiger partial charge in [-0.25, -0.2) is 4.98 Å². The van der Waals surface area contributed by atoms with Gasteiger partial charge in [-0.3, -0.25) is 14.3 Å². The molecule has 1 aliphatic heterocycles. The number of hydrogen-bond acceptors (Lipinski definition) is 8. The summed E-state index contributed by atoms with van der Waals surface area (Å²) in [6.07, 6.45) is -1.13. The molecular weight excluding hydrogens is 353 g/mol. The molecule has 0 radical (unpaired) electrons. The van der Waals surface area contributed by atoms with E-state index in [1.54, 1.807) is 0 Å². The number of aliphatic hydroxyl groups excluding tert-OH is 2. The van der Waals surface area contributed by atoms with Gasteiger partial charge in [-0.15, -0.1) is 0 Å². The minimum atomic E-state index is -0.995. The van der Waals surface area contributed by atoms with Crippen molar-refractivity contribution in [2.45, 2.75) is 31.0 Å². The van der Waals surface area contributed by atoms with Gasteiger partial charge in [0, 0.05) is 6.54 Å². The topological polar surface area (TPSA) is 151 Å². The second-order valence-electron chi connectivity index (χ2n) is 6.41. The van der Waals surface area contributed by atoms with E-state index in [1.807, 2.05) is 30.3 Å². The van der Waals surface area contributed by atoms with E-state index < -0.39 is 30.0 Å². The fourth-order valence-electron chi connectivity index (χ4n) is 3.34. The van der Waals surface area contributed by atoms with Crippen molar-refractivity contribution in [1.29, 1.82) is 0 Å². The minimum Gasteiger partial charge on any atom is -0.394 e. The third-order valence-corrected chi connectivity index (χ3v) is 4.66. The summed E-state index contributed by atoms with van der Waals surface area (Å²) in [5, 5.41) is 23.7. The monoisotopic (exact) mass is 373 g/mol. The van der Waals surface area contributed by atoms with Crippen molar-refractivity contribution in [3.63, 3.8) is 0 Å². The highest BCUT2D eigenvalue weighted by Crippen LogP contribution is 2.31. The van der Waals surface area contributed by atoms with Gasteiger partial charge in [-0.1, -0.05) is 30.3 Å². The molecule has 1 aromatic carbocycles. The van der Waals surface area contributed by atoms with Crippen LogP contribution in [-0.4, -0.2) is 54.6 Å². The number of nitrogens with one attached hydrogen (secondary N) is 2. The molecule has 0 aliphatic carbocycles. The van der Waals surface area contributed by atoms with E-state index in [2.05, 4.69) is 20.3 Å². The SMILES string of the molecule is Nc1nc2c(ncn2[C@@H]2O[C@H](CO)[C@@H]([15NH]Cc3ccccc3)[C@H]2O)c(=O)[nH]1. The van der Waals surface area contributed by atoms with Crippen LogP contribution in [0.1, 0.15) is 11.8 Å². The summed E-state index contributed by atoms with van der Waals surface area (Å²) in [6, 6.07) is 9.18. The number of anilines is 1. The summed E-state index contributed by atoms with van der Waals surface area (Å²) >= 11 is 0. The van der Waals surface area contributed by atoms with Gasteiger partial charge in [0.05, 0.1) is 19.0 Å². The zero-order chi connectivity index (χ0) is 19.0. The van der Waals surface area contributed by atoms with Crippen LogP contribution < -0.4 is 16.6 Å². The number of ether oxygens (including phenoxy) is 1. The maximum atomic E-state index is 11.9. The molecule has 10 heteroatoms. The van der Waals surface area contributed by atoms with Crippen LogP contribution in [0.4, 0.5) is 5.95 Å². The molecule has 142 valence electrons. The first-order chi connectivity index (χ1) is 13.1. The number of nitrogens with two attached hydrogens (primary N) is 1. The van der Waals surface area contributed by atoms with Crippen LogP contribution in [0.5, 0.6) is 0 Å². The highest BCUT2D eigenvalue weighted by Gasteiger charge is 2.44. The first kappa shape index (κ1) is 17.6. The first-order valence-electron chi connectivity index (χ1n) is 8.52. The Bertz CT molecular complexity index is 988. The third kappa shape index (κ3) is 3.19. The van der Waals surface area contributed by atoms with E-state index in [9.17, 15) is 15.0 Å². The molecule has 1 saturated heterocycles. The van der Waals surface area contributed by atoms with Crippen molar-refractivity contribution in [3.8, 4) is 0 Å². The molecule has 3 heterocycles. The van der Waals surface area contributed by atoms with Crippen LogP contribution >= 0.6 is 0 Å².